The van der Waals surface area contributed by atoms with Gasteiger partial charge in [-0.05, 0) is 33.0 Å². The summed E-state index contributed by atoms with van der Waals surface area (Å²) in [4.78, 5) is 28.1. The normalized spacial score (nSPS) is 12.1. The van der Waals surface area contributed by atoms with Crippen LogP contribution >= 0.6 is 0 Å². The van der Waals surface area contributed by atoms with Crippen LogP contribution in [0.1, 0.15) is 24.5 Å². The lowest BCUT2D eigenvalue weighted by Gasteiger charge is -2.26. The van der Waals surface area contributed by atoms with Gasteiger partial charge in [-0.25, -0.2) is 0 Å². The molecule has 1 amide bonds. The fraction of sp³-hybridized carbons (Fsp3) is 0.579. The lowest BCUT2D eigenvalue weighted by atomic mass is 10.1. The number of likely N-dealkylation sites (N-methyl/N-ethyl adjacent to an activating group) is 1. The van der Waals surface area contributed by atoms with Gasteiger partial charge in [0, 0.05) is 26.1 Å². The molecule has 0 radical (unpaired) electrons. The molecule has 0 saturated carbocycles. The van der Waals surface area contributed by atoms with Gasteiger partial charge in [-0.15, -0.1) is 0 Å². The number of methoxy groups -OCH3 is 1. The zero-order valence-corrected chi connectivity index (χ0v) is 15.5. The Morgan fingerprint density at radius 2 is 1.75 bits per heavy atom. The van der Waals surface area contributed by atoms with Crippen molar-refractivity contribution in [3.63, 3.8) is 0 Å². The molecule has 0 fully saturated rings. The summed E-state index contributed by atoms with van der Waals surface area (Å²) in [5.74, 6) is -0.523. The molecule has 0 bridgehead atoms. The third-order valence-electron chi connectivity index (χ3n) is 4.02. The molecular weight excluding hydrogens is 304 g/mol. The number of carbonyl (C=O) groups excluding carboxylic acids is 2. The summed E-state index contributed by atoms with van der Waals surface area (Å²) in [6.45, 7) is 5.62. The fourth-order valence-electron chi connectivity index (χ4n) is 2.41. The summed E-state index contributed by atoms with van der Waals surface area (Å²) >= 11 is 0. The smallest absolute Gasteiger partial charge is 0.310 e. The zero-order valence-electron chi connectivity index (χ0n) is 15.5. The molecule has 1 unspecified atom stereocenters. The van der Waals surface area contributed by atoms with E-state index in [0.717, 1.165) is 12.1 Å². The van der Waals surface area contributed by atoms with E-state index in [1.807, 2.05) is 25.9 Å². The van der Waals surface area contributed by atoms with Crippen LogP contribution in [0.3, 0.4) is 0 Å². The number of aryl methyl sites for hydroxylation is 2. The van der Waals surface area contributed by atoms with E-state index in [2.05, 4.69) is 24.3 Å². The molecule has 24 heavy (non-hydrogen) atoms. The molecule has 1 atom stereocenters. The predicted octanol–water partition coefficient (Wildman–Crippen LogP) is 2.13. The molecule has 0 aromatic heterocycles. The van der Waals surface area contributed by atoms with Crippen LogP contribution in [-0.2, 0) is 20.7 Å². The van der Waals surface area contributed by atoms with Crippen molar-refractivity contribution < 1.29 is 14.3 Å². The van der Waals surface area contributed by atoms with E-state index in [1.54, 1.807) is 11.8 Å². The minimum atomic E-state index is -0.319. The second-order valence-corrected chi connectivity index (χ2v) is 6.55. The standard InChI is InChI=1S/C19H30N2O3/c1-15-6-8-17(9-7-15)10-11-18(22)21(13-12-20(3)4)14-16(2)19(23)24-5/h6-9,16H,10-14H2,1-5H3. The molecule has 0 aliphatic heterocycles. The van der Waals surface area contributed by atoms with Gasteiger partial charge in [-0.1, -0.05) is 36.8 Å². The number of amides is 1. The second-order valence-electron chi connectivity index (χ2n) is 6.55. The maximum atomic E-state index is 12.6. The van der Waals surface area contributed by atoms with Crippen molar-refractivity contribution in [3.8, 4) is 0 Å². The van der Waals surface area contributed by atoms with Crippen LogP contribution in [0, 0.1) is 12.8 Å². The molecule has 0 heterocycles. The van der Waals surface area contributed by atoms with Gasteiger partial charge in [0.1, 0.15) is 0 Å². The van der Waals surface area contributed by atoms with Gasteiger partial charge in [0.15, 0.2) is 0 Å². The van der Waals surface area contributed by atoms with Crippen LogP contribution < -0.4 is 0 Å². The SMILES string of the molecule is COC(=O)C(C)CN(CCN(C)C)C(=O)CCc1ccc(C)cc1. The molecule has 0 aliphatic carbocycles. The Kier molecular flexibility index (Phi) is 8.47. The largest absolute Gasteiger partial charge is 0.469 e. The van der Waals surface area contributed by atoms with Gasteiger partial charge in [0.25, 0.3) is 0 Å². The highest BCUT2D eigenvalue weighted by atomic mass is 16.5. The Balaban J connectivity index is 2.64. The molecule has 5 heteroatoms. The lowest BCUT2D eigenvalue weighted by Crippen LogP contribution is -2.41. The third kappa shape index (κ3) is 7.13. The number of esters is 1. The Morgan fingerprint density at radius 3 is 2.29 bits per heavy atom. The Morgan fingerprint density at radius 1 is 1.12 bits per heavy atom. The predicted molar refractivity (Wildman–Crippen MR) is 95.8 cm³/mol. The molecule has 1 aromatic rings. The highest BCUT2D eigenvalue weighted by Gasteiger charge is 2.21. The highest BCUT2D eigenvalue weighted by molar-refractivity contribution is 5.78. The Hall–Kier alpha value is -1.88. The molecule has 0 saturated heterocycles. The van der Waals surface area contributed by atoms with Crippen molar-refractivity contribution >= 4 is 11.9 Å². The zero-order chi connectivity index (χ0) is 18.1. The van der Waals surface area contributed by atoms with Gasteiger partial charge in [0.2, 0.25) is 5.91 Å². The van der Waals surface area contributed by atoms with Crippen molar-refractivity contribution in [3.05, 3.63) is 35.4 Å². The van der Waals surface area contributed by atoms with Crippen LogP contribution in [0.15, 0.2) is 24.3 Å². The Bertz CT molecular complexity index is 526. The van der Waals surface area contributed by atoms with E-state index >= 15 is 0 Å². The van der Waals surface area contributed by atoms with Crippen molar-refractivity contribution in [2.75, 3.05) is 40.8 Å². The van der Waals surface area contributed by atoms with Gasteiger partial charge in [-0.2, -0.15) is 0 Å². The second kappa shape index (κ2) is 10.1. The third-order valence-corrected chi connectivity index (χ3v) is 4.02. The van der Waals surface area contributed by atoms with Crippen LogP contribution in [0.25, 0.3) is 0 Å². The van der Waals surface area contributed by atoms with Gasteiger partial charge in [-0.3, -0.25) is 9.59 Å². The summed E-state index contributed by atoms with van der Waals surface area (Å²) in [5.41, 5.74) is 2.37. The van der Waals surface area contributed by atoms with Gasteiger partial charge in [0.05, 0.1) is 13.0 Å². The summed E-state index contributed by atoms with van der Waals surface area (Å²) in [6.07, 6.45) is 1.16. The van der Waals surface area contributed by atoms with Crippen molar-refractivity contribution in [1.29, 1.82) is 0 Å². The number of hydrogen-bond donors (Lipinski definition) is 0. The van der Waals surface area contributed by atoms with E-state index in [1.165, 1.54) is 12.7 Å². The van der Waals surface area contributed by atoms with E-state index in [0.29, 0.717) is 25.9 Å². The number of benzene rings is 1. The average molecular weight is 334 g/mol. The van der Waals surface area contributed by atoms with Crippen LogP contribution in [0.2, 0.25) is 0 Å². The first kappa shape index (κ1) is 20.2. The number of carbonyl (C=O) groups is 2. The lowest BCUT2D eigenvalue weighted by molar-refractivity contribution is -0.146. The van der Waals surface area contributed by atoms with Crippen LogP contribution in [0.4, 0.5) is 0 Å². The topological polar surface area (TPSA) is 49.9 Å². The summed E-state index contributed by atoms with van der Waals surface area (Å²) < 4.78 is 4.77. The molecule has 1 aromatic carbocycles. The molecule has 1 rings (SSSR count). The number of hydrogen-bond acceptors (Lipinski definition) is 4. The summed E-state index contributed by atoms with van der Waals surface area (Å²) in [6, 6.07) is 8.24. The van der Waals surface area contributed by atoms with Crippen molar-refractivity contribution in [1.82, 2.24) is 9.80 Å². The molecule has 0 spiro atoms. The van der Waals surface area contributed by atoms with Gasteiger partial charge < -0.3 is 14.5 Å². The Labute approximate surface area is 145 Å². The van der Waals surface area contributed by atoms with Crippen LogP contribution in [-0.4, -0.2) is 62.5 Å². The average Bonchev–Trinajstić information content (AvgIpc) is 2.56. The molecular formula is C19H30N2O3. The maximum Gasteiger partial charge on any atom is 0.310 e. The van der Waals surface area contributed by atoms with Crippen LogP contribution in [0.5, 0.6) is 0 Å². The van der Waals surface area contributed by atoms with Crippen molar-refractivity contribution in [2.24, 2.45) is 5.92 Å². The molecule has 0 aliphatic rings. The monoisotopic (exact) mass is 334 g/mol. The van der Waals surface area contributed by atoms with E-state index < -0.39 is 0 Å². The summed E-state index contributed by atoms with van der Waals surface area (Å²) in [7, 11) is 5.32. The van der Waals surface area contributed by atoms with E-state index in [4.69, 9.17) is 4.74 Å². The number of ether oxygens (including phenoxy) is 1. The minimum absolute atomic E-state index is 0.0770. The maximum absolute atomic E-state index is 12.6. The first-order chi connectivity index (χ1) is 11.3. The first-order valence-electron chi connectivity index (χ1n) is 8.39. The molecule has 5 nitrogen and oxygen atoms in total. The molecule has 0 N–H and O–H groups in total. The van der Waals surface area contributed by atoms with E-state index in [9.17, 15) is 9.59 Å². The number of rotatable bonds is 9. The van der Waals surface area contributed by atoms with E-state index in [-0.39, 0.29) is 17.8 Å². The first-order valence-corrected chi connectivity index (χ1v) is 8.39. The molecule has 134 valence electrons. The fourth-order valence-corrected chi connectivity index (χ4v) is 2.41. The number of nitrogens with zero attached hydrogens (tertiary/aromatic N) is 2. The summed E-state index contributed by atoms with van der Waals surface area (Å²) in [5, 5.41) is 0. The van der Waals surface area contributed by atoms with Crippen molar-refractivity contribution in [2.45, 2.75) is 26.7 Å². The minimum Gasteiger partial charge on any atom is -0.469 e. The highest BCUT2D eigenvalue weighted by Crippen LogP contribution is 2.09. The quantitative estimate of drug-likeness (QED) is 0.649. The van der Waals surface area contributed by atoms with Gasteiger partial charge >= 0.3 is 5.97 Å².